The highest BCUT2D eigenvalue weighted by Gasteiger charge is 2.07. The molecule has 0 heterocycles. The molecule has 0 fully saturated rings. The molecule has 0 aromatic heterocycles. The Morgan fingerprint density at radius 2 is 2.00 bits per heavy atom. The first kappa shape index (κ1) is 10.7. The summed E-state index contributed by atoms with van der Waals surface area (Å²) in [7, 11) is 0. The lowest BCUT2D eigenvalue weighted by Crippen LogP contribution is -2.06. The van der Waals surface area contributed by atoms with E-state index in [0.717, 1.165) is 6.07 Å². The molecule has 0 amide bonds. The van der Waals surface area contributed by atoms with Crippen molar-refractivity contribution >= 4 is 11.4 Å². The highest BCUT2D eigenvalue weighted by molar-refractivity contribution is 5.66. The minimum Gasteiger partial charge on any atom is -0.395 e. The zero-order chi connectivity index (χ0) is 10.6. The van der Waals surface area contributed by atoms with Gasteiger partial charge >= 0.3 is 0 Å². The van der Waals surface area contributed by atoms with Gasteiger partial charge in [-0.25, -0.2) is 8.78 Å². The number of anilines is 2. The predicted octanol–water partition coefficient (Wildman–Crippen LogP) is 2.32. The SMILES string of the molecule is Nc1c(F)cc(F)cc1NCCCF. The van der Waals surface area contributed by atoms with Crippen LogP contribution < -0.4 is 11.1 Å². The zero-order valence-electron chi connectivity index (χ0n) is 7.49. The van der Waals surface area contributed by atoms with Crippen molar-refractivity contribution in [2.24, 2.45) is 0 Å². The molecule has 78 valence electrons. The van der Waals surface area contributed by atoms with Gasteiger partial charge in [0.25, 0.3) is 0 Å². The molecular weight excluding hydrogens is 193 g/mol. The van der Waals surface area contributed by atoms with Crippen LogP contribution in [0, 0.1) is 11.6 Å². The largest absolute Gasteiger partial charge is 0.395 e. The lowest BCUT2D eigenvalue weighted by atomic mass is 10.2. The molecule has 0 saturated carbocycles. The van der Waals surface area contributed by atoms with E-state index in [1.54, 1.807) is 0 Å². The third-order valence-corrected chi connectivity index (χ3v) is 1.72. The molecule has 0 saturated heterocycles. The van der Waals surface area contributed by atoms with Gasteiger partial charge in [-0.3, -0.25) is 4.39 Å². The van der Waals surface area contributed by atoms with Crippen LogP contribution in [0.2, 0.25) is 0 Å². The number of rotatable bonds is 4. The molecule has 0 spiro atoms. The topological polar surface area (TPSA) is 38.0 Å². The van der Waals surface area contributed by atoms with Crippen LogP contribution >= 0.6 is 0 Å². The summed E-state index contributed by atoms with van der Waals surface area (Å²) in [6.45, 7) is -0.186. The summed E-state index contributed by atoms with van der Waals surface area (Å²) in [5, 5.41) is 2.65. The Bertz CT molecular complexity index is 315. The fraction of sp³-hybridized carbons (Fsp3) is 0.333. The monoisotopic (exact) mass is 204 g/mol. The molecule has 1 aromatic rings. The maximum absolute atomic E-state index is 12.9. The Hall–Kier alpha value is -1.39. The second-order valence-corrected chi connectivity index (χ2v) is 2.82. The standard InChI is InChI=1S/C9H11F3N2/c10-2-1-3-14-8-5-6(11)4-7(12)9(8)13/h4-5,14H,1-3,13H2. The van der Waals surface area contributed by atoms with Crippen LogP contribution in [0.4, 0.5) is 24.5 Å². The van der Waals surface area contributed by atoms with E-state index in [9.17, 15) is 13.2 Å². The highest BCUT2D eigenvalue weighted by atomic mass is 19.1. The van der Waals surface area contributed by atoms with E-state index in [2.05, 4.69) is 5.32 Å². The first-order chi connectivity index (χ1) is 6.65. The molecule has 3 N–H and O–H groups in total. The van der Waals surface area contributed by atoms with Gasteiger partial charge in [0.15, 0.2) is 5.82 Å². The van der Waals surface area contributed by atoms with Crippen LogP contribution in [0.5, 0.6) is 0 Å². The van der Waals surface area contributed by atoms with E-state index in [0.29, 0.717) is 12.6 Å². The van der Waals surface area contributed by atoms with Crippen molar-refractivity contribution in [2.75, 3.05) is 24.3 Å². The summed E-state index contributed by atoms with van der Waals surface area (Å²) in [6.07, 6.45) is 0.275. The van der Waals surface area contributed by atoms with E-state index in [-0.39, 0.29) is 17.8 Å². The van der Waals surface area contributed by atoms with Gasteiger partial charge < -0.3 is 11.1 Å². The molecule has 2 nitrogen and oxygen atoms in total. The number of alkyl halides is 1. The third kappa shape index (κ3) is 2.55. The lowest BCUT2D eigenvalue weighted by molar-refractivity contribution is 0.481. The van der Waals surface area contributed by atoms with Crippen LogP contribution in [0.25, 0.3) is 0 Å². The first-order valence-corrected chi connectivity index (χ1v) is 4.19. The molecule has 0 bridgehead atoms. The van der Waals surface area contributed by atoms with E-state index in [1.807, 2.05) is 0 Å². The Kier molecular flexibility index (Phi) is 3.62. The molecule has 0 aliphatic carbocycles. The Labute approximate surface area is 79.9 Å². The lowest BCUT2D eigenvalue weighted by Gasteiger charge is -2.08. The van der Waals surface area contributed by atoms with Gasteiger partial charge in [-0.15, -0.1) is 0 Å². The molecule has 0 aliphatic heterocycles. The summed E-state index contributed by atoms with van der Waals surface area (Å²) < 4.78 is 37.3. The first-order valence-electron chi connectivity index (χ1n) is 4.19. The average molecular weight is 204 g/mol. The second kappa shape index (κ2) is 4.74. The van der Waals surface area contributed by atoms with Crippen LogP contribution in [0.1, 0.15) is 6.42 Å². The number of halogens is 3. The van der Waals surface area contributed by atoms with E-state index in [1.165, 1.54) is 0 Å². The summed E-state index contributed by atoms with van der Waals surface area (Å²) in [5.74, 6) is -1.52. The summed E-state index contributed by atoms with van der Waals surface area (Å²) >= 11 is 0. The molecule has 0 atom stereocenters. The van der Waals surface area contributed by atoms with Gasteiger partial charge in [0.1, 0.15) is 5.82 Å². The van der Waals surface area contributed by atoms with Crippen molar-refractivity contribution < 1.29 is 13.2 Å². The fourth-order valence-corrected chi connectivity index (χ4v) is 1.02. The predicted molar refractivity (Wildman–Crippen MR) is 49.9 cm³/mol. The average Bonchev–Trinajstić information content (AvgIpc) is 2.13. The molecule has 1 aromatic carbocycles. The van der Waals surface area contributed by atoms with E-state index < -0.39 is 18.3 Å². The van der Waals surface area contributed by atoms with Crippen molar-refractivity contribution in [1.82, 2.24) is 0 Å². The quantitative estimate of drug-likeness (QED) is 0.583. The number of benzene rings is 1. The molecule has 0 unspecified atom stereocenters. The summed E-state index contributed by atoms with van der Waals surface area (Å²) in [6, 6.07) is 1.78. The smallest absolute Gasteiger partial charge is 0.151 e. The van der Waals surface area contributed by atoms with Crippen molar-refractivity contribution in [3.63, 3.8) is 0 Å². The van der Waals surface area contributed by atoms with Crippen LogP contribution in [-0.2, 0) is 0 Å². The molecule has 0 aliphatic rings. The zero-order valence-corrected chi connectivity index (χ0v) is 7.49. The van der Waals surface area contributed by atoms with Crippen molar-refractivity contribution in [1.29, 1.82) is 0 Å². The van der Waals surface area contributed by atoms with Crippen molar-refractivity contribution in [2.45, 2.75) is 6.42 Å². The van der Waals surface area contributed by atoms with E-state index in [4.69, 9.17) is 5.73 Å². The van der Waals surface area contributed by atoms with Gasteiger partial charge in [-0.2, -0.15) is 0 Å². The van der Waals surface area contributed by atoms with Gasteiger partial charge in [0, 0.05) is 12.6 Å². The van der Waals surface area contributed by atoms with Gasteiger partial charge in [0.05, 0.1) is 18.0 Å². The summed E-state index contributed by atoms with van der Waals surface area (Å²) in [5.41, 5.74) is 5.35. The maximum atomic E-state index is 12.9. The number of hydrogen-bond donors (Lipinski definition) is 2. The number of nitrogens with two attached hydrogens (primary N) is 1. The normalized spacial score (nSPS) is 10.2. The van der Waals surface area contributed by atoms with Gasteiger partial charge in [-0.1, -0.05) is 0 Å². The highest BCUT2D eigenvalue weighted by Crippen LogP contribution is 2.23. The number of nitrogen functional groups attached to an aromatic ring is 1. The number of nitrogens with one attached hydrogen (secondary N) is 1. The second-order valence-electron chi connectivity index (χ2n) is 2.82. The van der Waals surface area contributed by atoms with Gasteiger partial charge in [-0.05, 0) is 12.5 Å². The molecule has 5 heteroatoms. The minimum atomic E-state index is -0.812. The Balaban J connectivity index is 2.75. The van der Waals surface area contributed by atoms with Crippen LogP contribution in [0.15, 0.2) is 12.1 Å². The number of hydrogen-bond acceptors (Lipinski definition) is 2. The Morgan fingerprint density at radius 1 is 1.29 bits per heavy atom. The van der Waals surface area contributed by atoms with Crippen molar-refractivity contribution in [3.8, 4) is 0 Å². The van der Waals surface area contributed by atoms with Crippen molar-refractivity contribution in [3.05, 3.63) is 23.8 Å². The maximum Gasteiger partial charge on any atom is 0.151 e. The van der Waals surface area contributed by atoms with E-state index >= 15 is 0 Å². The molecule has 1 rings (SSSR count). The molecule has 14 heavy (non-hydrogen) atoms. The third-order valence-electron chi connectivity index (χ3n) is 1.72. The molecular formula is C9H11F3N2. The van der Waals surface area contributed by atoms with Crippen LogP contribution in [0.3, 0.4) is 0 Å². The molecule has 0 radical (unpaired) electrons. The minimum absolute atomic E-state index is 0.148. The fourth-order valence-electron chi connectivity index (χ4n) is 1.02. The summed E-state index contributed by atoms with van der Waals surface area (Å²) in [4.78, 5) is 0. The van der Waals surface area contributed by atoms with Crippen LogP contribution in [-0.4, -0.2) is 13.2 Å². The van der Waals surface area contributed by atoms with Gasteiger partial charge in [0.2, 0.25) is 0 Å². The Morgan fingerprint density at radius 3 is 2.64 bits per heavy atom.